The molecule has 2 N–H and O–H groups in total. The van der Waals surface area contributed by atoms with Crippen LogP contribution in [0.25, 0.3) is 38.8 Å². The maximum absolute atomic E-state index is 14.0. The Morgan fingerprint density at radius 1 is 0.842 bits per heavy atom. The van der Waals surface area contributed by atoms with Crippen molar-refractivity contribution < 1.29 is 0 Å². The van der Waals surface area contributed by atoms with Gasteiger partial charge in [0.05, 0.1) is 28.7 Å². The van der Waals surface area contributed by atoms with Crippen LogP contribution >= 0.6 is 0 Å². The third-order valence-electron chi connectivity index (χ3n) is 7.15. The smallest absolute Gasteiger partial charge is 0.263 e. The van der Waals surface area contributed by atoms with Crippen molar-refractivity contribution in [3.05, 3.63) is 118 Å². The highest BCUT2D eigenvalue weighted by Crippen LogP contribution is 2.30. The summed E-state index contributed by atoms with van der Waals surface area (Å²) in [6, 6.07) is 24.1. The zero-order chi connectivity index (χ0) is 26.4. The molecule has 7 heteroatoms. The summed E-state index contributed by atoms with van der Waals surface area (Å²) in [5, 5.41) is 7.56. The number of nitrogens with two attached hydrogens (primary N) is 1. The number of fused-ring (bicyclic) bond motifs is 2. The third kappa shape index (κ3) is 3.88. The van der Waals surface area contributed by atoms with E-state index in [1.807, 2.05) is 90.7 Å². The number of hydrogen-bond acceptors (Lipinski definition) is 5. The first-order valence-corrected chi connectivity index (χ1v) is 12.6. The summed E-state index contributed by atoms with van der Waals surface area (Å²) in [7, 11) is 0. The van der Waals surface area contributed by atoms with Crippen LogP contribution < -0.4 is 11.3 Å². The number of benzene rings is 3. The van der Waals surface area contributed by atoms with Crippen molar-refractivity contribution in [2.24, 2.45) is 5.73 Å². The lowest BCUT2D eigenvalue weighted by molar-refractivity contribution is 0.671. The molecule has 0 saturated heterocycles. The predicted octanol–water partition coefficient (Wildman–Crippen LogP) is 5.23. The number of hydrogen-bond donors (Lipinski definition) is 1. The van der Waals surface area contributed by atoms with Gasteiger partial charge in [-0.05, 0) is 61.0 Å². The standard InChI is InChI=1S/C31H28N6O/c1-19-8-4-5-13-26(19)37-25(15-23-11-6-9-20(2)27(23)31(37)38)17-36-30-28(21(3)33-18-34-30)29(35-36)24-12-7-10-22(14-24)16-32/h4-15,18H,16-17,32H2,1-3H3. The fourth-order valence-electron chi connectivity index (χ4n) is 5.25. The van der Waals surface area contributed by atoms with E-state index in [1.165, 1.54) is 0 Å². The largest absolute Gasteiger partial charge is 0.326 e. The van der Waals surface area contributed by atoms with Crippen LogP contribution in [-0.2, 0) is 13.1 Å². The minimum Gasteiger partial charge on any atom is -0.326 e. The lowest BCUT2D eigenvalue weighted by atomic mass is 10.1. The summed E-state index contributed by atoms with van der Waals surface area (Å²) >= 11 is 0. The van der Waals surface area contributed by atoms with Crippen molar-refractivity contribution >= 4 is 21.8 Å². The molecule has 6 rings (SSSR count). The average molecular weight is 501 g/mol. The van der Waals surface area contributed by atoms with Gasteiger partial charge in [0, 0.05) is 17.8 Å². The van der Waals surface area contributed by atoms with Crippen molar-refractivity contribution in [1.82, 2.24) is 24.3 Å². The Kier molecular flexibility index (Phi) is 5.85. The topological polar surface area (TPSA) is 91.6 Å². The molecule has 0 fully saturated rings. The second-order valence-electron chi connectivity index (χ2n) is 9.67. The van der Waals surface area contributed by atoms with Crippen LogP contribution in [0.4, 0.5) is 0 Å². The van der Waals surface area contributed by atoms with Gasteiger partial charge in [0.15, 0.2) is 5.65 Å². The molecule has 3 aromatic carbocycles. The lowest BCUT2D eigenvalue weighted by Gasteiger charge is -2.17. The summed E-state index contributed by atoms with van der Waals surface area (Å²) in [6.45, 7) is 6.77. The first kappa shape index (κ1) is 23.8. The molecular formula is C31H28N6O. The highest BCUT2D eigenvalue weighted by molar-refractivity contribution is 5.93. The molecule has 6 aromatic rings. The minimum absolute atomic E-state index is 0.0389. The predicted molar refractivity (Wildman–Crippen MR) is 152 cm³/mol. The molecule has 0 atom stereocenters. The van der Waals surface area contributed by atoms with Gasteiger partial charge in [-0.25, -0.2) is 14.6 Å². The van der Waals surface area contributed by atoms with Crippen molar-refractivity contribution in [2.75, 3.05) is 0 Å². The van der Waals surface area contributed by atoms with E-state index >= 15 is 0 Å². The molecule has 3 heterocycles. The second kappa shape index (κ2) is 9.36. The Hall–Kier alpha value is -4.62. The van der Waals surface area contributed by atoms with Gasteiger partial charge in [-0.1, -0.05) is 54.6 Å². The van der Waals surface area contributed by atoms with Gasteiger partial charge in [-0.3, -0.25) is 9.36 Å². The molecule has 0 saturated carbocycles. The third-order valence-corrected chi connectivity index (χ3v) is 7.15. The zero-order valence-electron chi connectivity index (χ0n) is 21.6. The number of nitrogens with zero attached hydrogens (tertiary/aromatic N) is 5. The average Bonchev–Trinajstić information content (AvgIpc) is 3.29. The summed E-state index contributed by atoms with van der Waals surface area (Å²) in [6.07, 6.45) is 1.56. The highest BCUT2D eigenvalue weighted by Gasteiger charge is 2.20. The summed E-state index contributed by atoms with van der Waals surface area (Å²) in [5.74, 6) is 0. The number of rotatable bonds is 5. The van der Waals surface area contributed by atoms with E-state index in [1.54, 1.807) is 6.33 Å². The molecule has 0 bridgehead atoms. The highest BCUT2D eigenvalue weighted by atomic mass is 16.1. The van der Waals surface area contributed by atoms with E-state index in [9.17, 15) is 4.79 Å². The molecule has 0 aliphatic heterocycles. The molecule has 0 unspecified atom stereocenters. The van der Waals surface area contributed by atoms with E-state index in [-0.39, 0.29) is 5.56 Å². The van der Waals surface area contributed by atoms with Crippen LogP contribution in [0.3, 0.4) is 0 Å². The number of aromatic nitrogens is 5. The zero-order valence-corrected chi connectivity index (χ0v) is 21.6. The molecule has 38 heavy (non-hydrogen) atoms. The van der Waals surface area contributed by atoms with E-state index in [4.69, 9.17) is 10.8 Å². The lowest BCUT2D eigenvalue weighted by Crippen LogP contribution is -2.25. The second-order valence-corrected chi connectivity index (χ2v) is 9.67. The van der Waals surface area contributed by atoms with Gasteiger partial charge >= 0.3 is 0 Å². The molecule has 0 aliphatic rings. The summed E-state index contributed by atoms with van der Waals surface area (Å²) in [4.78, 5) is 23.1. The Morgan fingerprint density at radius 3 is 2.45 bits per heavy atom. The van der Waals surface area contributed by atoms with Crippen LogP contribution in [0, 0.1) is 20.8 Å². The van der Waals surface area contributed by atoms with Crippen molar-refractivity contribution in [1.29, 1.82) is 0 Å². The molecule has 0 radical (unpaired) electrons. The van der Waals surface area contributed by atoms with Gasteiger partial charge in [-0.15, -0.1) is 0 Å². The Balaban J connectivity index is 1.62. The minimum atomic E-state index is -0.0389. The van der Waals surface area contributed by atoms with E-state index in [2.05, 4.69) is 22.1 Å². The van der Waals surface area contributed by atoms with Gasteiger partial charge in [0.25, 0.3) is 5.56 Å². The fourth-order valence-corrected chi connectivity index (χ4v) is 5.25. The molecule has 3 aromatic heterocycles. The number of pyridine rings is 1. The Morgan fingerprint density at radius 2 is 1.63 bits per heavy atom. The number of aryl methyl sites for hydroxylation is 3. The molecule has 0 spiro atoms. The van der Waals surface area contributed by atoms with Gasteiger partial charge < -0.3 is 5.73 Å². The van der Waals surface area contributed by atoms with Crippen LogP contribution in [0.15, 0.2) is 83.9 Å². The molecule has 0 aliphatic carbocycles. The Labute approximate surface area is 220 Å². The van der Waals surface area contributed by atoms with Crippen molar-refractivity contribution in [2.45, 2.75) is 33.9 Å². The first-order valence-electron chi connectivity index (χ1n) is 12.6. The monoisotopic (exact) mass is 500 g/mol. The van der Waals surface area contributed by atoms with Gasteiger partial charge in [0.1, 0.15) is 12.0 Å². The van der Waals surface area contributed by atoms with Crippen molar-refractivity contribution in [3.8, 4) is 16.9 Å². The number of para-hydroxylation sites is 1. The van der Waals surface area contributed by atoms with Gasteiger partial charge in [-0.2, -0.15) is 5.10 Å². The maximum atomic E-state index is 14.0. The van der Waals surface area contributed by atoms with Crippen LogP contribution in [0.2, 0.25) is 0 Å². The SMILES string of the molecule is Cc1ccccc1-n1c(Cn2nc(-c3cccc(CN)c3)c3c(C)ncnc32)cc2cccc(C)c2c1=O. The van der Waals surface area contributed by atoms with E-state index < -0.39 is 0 Å². The van der Waals surface area contributed by atoms with Crippen LogP contribution in [0.5, 0.6) is 0 Å². The summed E-state index contributed by atoms with van der Waals surface area (Å²) in [5.41, 5.74) is 13.9. The normalized spacial score (nSPS) is 11.5. The summed E-state index contributed by atoms with van der Waals surface area (Å²) < 4.78 is 3.70. The molecule has 7 nitrogen and oxygen atoms in total. The van der Waals surface area contributed by atoms with Crippen LogP contribution in [0.1, 0.15) is 28.1 Å². The maximum Gasteiger partial charge on any atom is 0.263 e. The Bertz CT molecular complexity index is 1900. The quantitative estimate of drug-likeness (QED) is 0.350. The molecular weight excluding hydrogens is 472 g/mol. The fraction of sp³-hybridized carbons (Fsp3) is 0.161. The van der Waals surface area contributed by atoms with E-state index in [0.29, 0.717) is 13.1 Å². The van der Waals surface area contributed by atoms with Crippen molar-refractivity contribution in [3.63, 3.8) is 0 Å². The van der Waals surface area contributed by atoms with Crippen LogP contribution in [-0.4, -0.2) is 24.3 Å². The molecule has 0 amide bonds. The first-order chi connectivity index (χ1) is 18.5. The van der Waals surface area contributed by atoms with Gasteiger partial charge in [0.2, 0.25) is 0 Å². The van der Waals surface area contributed by atoms with E-state index in [0.717, 1.165) is 66.8 Å². The molecule has 188 valence electrons.